The molecule has 0 bridgehead atoms. The number of benzene rings is 1. The first kappa shape index (κ1) is 13.3. The first-order valence-corrected chi connectivity index (χ1v) is 5.77. The van der Waals surface area contributed by atoms with Gasteiger partial charge in [-0.25, -0.2) is 8.42 Å². The molecule has 0 amide bonds. The van der Waals surface area contributed by atoms with Crippen molar-refractivity contribution in [3.8, 4) is 0 Å². The first-order chi connectivity index (χ1) is 5.54. The average molecular weight is 224 g/mol. The molecule has 0 fully saturated rings. The maximum atomic E-state index is 10.9. The zero-order chi connectivity index (χ0) is 9.19. The molecule has 0 unspecified atom stereocenters. The Morgan fingerprint density at radius 1 is 1.23 bits per heavy atom. The molecule has 1 rings (SSSR count). The third kappa shape index (κ3) is 3.87. The van der Waals surface area contributed by atoms with Gasteiger partial charge in [-0.2, -0.15) is 0 Å². The summed E-state index contributed by atoms with van der Waals surface area (Å²) in [5.41, 5.74) is 0.885. The third-order valence-electron chi connectivity index (χ3n) is 1.41. The monoisotopic (exact) mass is 224 g/mol. The standard InChI is InChI=1S/C8H8O2S2.Na.H/c1-2-7-3-5-8(6-4-7)12(9,10)11;;/h2-6H,1H2,(H,9,10,11);;. The summed E-state index contributed by atoms with van der Waals surface area (Å²) in [5.74, 6) is 0. The van der Waals surface area contributed by atoms with Gasteiger partial charge < -0.3 is 0 Å². The van der Waals surface area contributed by atoms with Gasteiger partial charge >= 0.3 is 29.6 Å². The van der Waals surface area contributed by atoms with Crippen LogP contribution in [0.25, 0.3) is 6.08 Å². The predicted octanol–water partition coefficient (Wildman–Crippen LogP) is 1.30. The Balaban J connectivity index is 0.00000144. The van der Waals surface area contributed by atoms with E-state index in [1.807, 2.05) is 0 Å². The fraction of sp³-hybridized carbons (Fsp3) is 0. The van der Waals surface area contributed by atoms with Crippen LogP contribution in [0.2, 0.25) is 0 Å². The van der Waals surface area contributed by atoms with E-state index < -0.39 is 8.87 Å². The molecule has 0 atom stereocenters. The van der Waals surface area contributed by atoms with Gasteiger partial charge in [-0.3, -0.25) is 0 Å². The van der Waals surface area contributed by atoms with E-state index in [1.165, 1.54) is 12.1 Å². The van der Waals surface area contributed by atoms with Gasteiger partial charge in [0.1, 0.15) is 0 Å². The average Bonchev–Trinajstić information content (AvgIpc) is 2.03. The molecule has 0 spiro atoms. The van der Waals surface area contributed by atoms with Crippen LogP contribution >= 0.6 is 11.7 Å². The molecule has 0 aliphatic carbocycles. The van der Waals surface area contributed by atoms with Crippen molar-refractivity contribution in [3.63, 3.8) is 0 Å². The zero-order valence-electron chi connectivity index (χ0n) is 6.27. The van der Waals surface area contributed by atoms with Crippen LogP contribution in [0.5, 0.6) is 0 Å². The summed E-state index contributed by atoms with van der Waals surface area (Å²) in [7, 11) is -3.37. The molecule has 0 saturated heterocycles. The summed E-state index contributed by atoms with van der Waals surface area (Å²) in [5, 5.41) is 0. The van der Waals surface area contributed by atoms with E-state index in [1.54, 1.807) is 18.2 Å². The second kappa shape index (κ2) is 5.22. The molecule has 1 aromatic carbocycles. The van der Waals surface area contributed by atoms with Gasteiger partial charge in [0, 0.05) is 0 Å². The van der Waals surface area contributed by atoms with Crippen LogP contribution in [-0.2, 0) is 8.87 Å². The van der Waals surface area contributed by atoms with Crippen molar-refractivity contribution in [3.05, 3.63) is 36.4 Å². The van der Waals surface area contributed by atoms with Crippen LogP contribution in [0.4, 0.5) is 0 Å². The zero-order valence-corrected chi connectivity index (χ0v) is 7.98. The molecule has 0 saturated carbocycles. The number of hydrogen-bond donors (Lipinski definition) is 1. The minimum atomic E-state index is -3.37. The van der Waals surface area contributed by atoms with E-state index in [0.29, 0.717) is 0 Å². The van der Waals surface area contributed by atoms with E-state index in [0.717, 1.165) is 5.56 Å². The van der Waals surface area contributed by atoms with Gasteiger partial charge in [0.05, 0.1) is 4.90 Å². The fourth-order valence-electron chi connectivity index (χ4n) is 0.776. The molecular weight excluding hydrogens is 215 g/mol. The Labute approximate surface area is 105 Å². The predicted molar refractivity (Wildman–Crippen MR) is 59.9 cm³/mol. The van der Waals surface area contributed by atoms with E-state index in [4.69, 9.17) is 0 Å². The van der Waals surface area contributed by atoms with Crippen molar-refractivity contribution in [2.45, 2.75) is 4.90 Å². The van der Waals surface area contributed by atoms with Gasteiger partial charge in [0.15, 0.2) is 0 Å². The molecule has 0 N–H and O–H groups in total. The van der Waals surface area contributed by atoms with Crippen molar-refractivity contribution >= 4 is 56.2 Å². The SMILES string of the molecule is C=Cc1ccc(S(=O)(=O)S)cc1.[NaH]. The van der Waals surface area contributed by atoms with Gasteiger partial charge in [0.2, 0.25) is 8.87 Å². The molecule has 13 heavy (non-hydrogen) atoms. The fourth-order valence-corrected chi connectivity index (χ4v) is 1.62. The summed E-state index contributed by atoms with van der Waals surface area (Å²) >= 11 is 3.45. The molecule has 1 aromatic rings. The molecule has 5 heteroatoms. The second-order valence-corrected chi connectivity index (χ2v) is 5.11. The van der Waals surface area contributed by atoms with Crippen molar-refractivity contribution in [1.29, 1.82) is 0 Å². The van der Waals surface area contributed by atoms with E-state index in [-0.39, 0.29) is 34.5 Å². The first-order valence-electron chi connectivity index (χ1n) is 3.24. The van der Waals surface area contributed by atoms with Crippen LogP contribution in [0.15, 0.2) is 35.7 Å². The summed E-state index contributed by atoms with van der Waals surface area (Å²) in [6, 6.07) is 6.35. The second-order valence-electron chi connectivity index (χ2n) is 2.25. The van der Waals surface area contributed by atoms with Crippen LogP contribution in [0.1, 0.15) is 5.56 Å². The van der Waals surface area contributed by atoms with Crippen molar-refractivity contribution in [2.24, 2.45) is 0 Å². The molecule has 66 valence electrons. The van der Waals surface area contributed by atoms with Crippen LogP contribution < -0.4 is 0 Å². The summed E-state index contributed by atoms with van der Waals surface area (Å²) < 4.78 is 21.7. The third-order valence-corrected chi connectivity index (χ3v) is 2.91. The number of hydrogen-bond acceptors (Lipinski definition) is 2. The van der Waals surface area contributed by atoms with Crippen LogP contribution in [0, 0.1) is 0 Å². The van der Waals surface area contributed by atoms with E-state index in [2.05, 4.69) is 18.2 Å². The Kier molecular flexibility index (Phi) is 5.32. The summed E-state index contributed by atoms with van der Waals surface area (Å²) in [6.07, 6.45) is 1.65. The van der Waals surface area contributed by atoms with Crippen molar-refractivity contribution in [1.82, 2.24) is 0 Å². The van der Waals surface area contributed by atoms with Crippen LogP contribution in [-0.4, -0.2) is 38.0 Å². The molecular formula is C8H9NaO2S2. The molecule has 2 nitrogen and oxygen atoms in total. The van der Waals surface area contributed by atoms with Crippen LogP contribution in [0.3, 0.4) is 0 Å². The molecule has 0 aliphatic heterocycles. The Hall–Kier alpha value is 0.260. The number of thiol groups is 1. The van der Waals surface area contributed by atoms with Gasteiger partial charge in [-0.1, -0.05) is 24.8 Å². The molecule has 0 aromatic heterocycles. The van der Waals surface area contributed by atoms with Gasteiger partial charge in [-0.15, -0.1) is 0 Å². The van der Waals surface area contributed by atoms with Crippen molar-refractivity contribution < 1.29 is 8.42 Å². The Morgan fingerprint density at radius 3 is 2.00 bits per heavy atom. The topological polar surface area (TPSA) is 34.1 Å². The summed E-state index contributed by atoms with van der Waals surface area (Å²) in [4.78, 5) is 0.205. The normalized spacial score (nSPS) is 10.2. The Morgan fingerprint density at radius 2 is 1.69 bits per heavy atom. The molecule has 0 heterocycles. The van der Waals surface area contributed by atoms with E-state index in [9.17, 15) is 8.42 Å². The maximum absolute atomic E-state index is 10.9. The van der Waals surface area contributed by atoms with E-state index >= 15 is 0 Å². The number of rotatable bonds is 2. The quantitative estimate of drug-likeness (QED) is 0.467. The van der Waals surface area contributed by atoms with Gasteiger partial charge in [0.25, 0.3) is 0 Å². The summed E-state index contributed by atoms with van der Waals surface area (Å²) in [6.45, 7) is 3.55. The molecule has 0 aliphatic rings. The van der Waals surface area contributed by atoms with Crippen molar-refractivity contribution in [2.75, 3.05) is 0 Å². The van der Waals surface area contributed by atoms with Gasteiger partial charge in [-0.05, 0) is 29.4 Å². The minimum absolute atomic E-state index is 0. The Bertz CT molecular complexity index is 381. The molecule has 0 radical (unpaired) electrons.